The van der Waals surface area contributed by atoms with Crippen molar-refractivity contribution in [2.75, 3.05) is 6.61 Å². The molecule has 0 heterocycles. The van der Waals surface area contributed by atoms with Crippen LogP contribution in [0.3, 0.4) is 0 Å². The molecule has 3 N–H and O–H groups in total. The molecule has 0 aromatic carbocycles. The molecule has 0 fully saturated rings. The molecule has 2 unspecified atom stereocenters. The van der Waals surface area contributed by atoms with E-state index in [0.717, 1.165) is 44.9 Å². The minimum absolute atomic E-state index is 0.0932. The number of carbonyl (C=O) groups is 1. The second-order valence-corrected chi connectivity index (χ2v) is 10.9. The van der Waals surface area contributed by atoms with Gasteiger partial charge < -0.3 is 15.5 Å². The number of amides is 1. The van der Waals surface area contributed by atoms with Gasteiger partial charge in [0, 0.05) is 6.42 Å². The van der Waals surface area contributed by atoms with Crippen LogP contribution in [0, 0.1) is 0 Å². The van der Waals surface area contributed by atoms with E-state index in [2.05, 4.69) is 31.3 Å². The topological polar surface area (TPSA) is 69.6 Å². The number of hydrogen-bond acceptors (Lipinski definition) is 3. The van der Waals surface area contributed by atoms with Crippen molar-refractivity contribution in [1.82, 2.24) is 5.32 Å². The molecule has 2 atom stereocenters. The molecule has 0 saturated carbocycles. The van der Waals surface area contributed by atoms with Gasteiger partial charge in [-0.15, -0.1) is 0 Å². The quantitative estimate of drug-likeness (QED) is 0.0711. The Bertz CT molecular complexity index is 532. The molecule has 4 heteroatoms. The maximum absolute atomic E-state index is 12.0. The van der Waals surface area contributed by atoms with Crippen molar-refractivity contribution in [3.05, 3.63) is 24.3 Å². The van der Waals surface area contributed by atoms with Crippen LogP contribution in [-0.4, -0.2) is 34.9 Å². The van der Waals surface area contributed by atoms with Crippen LogP contribution in [-0.2, 0) is 4.79 Å². The van der Waals surface area contributed by atoms with Crippen molar-refractivity contribution in [2.24, 2.45) is 0 Å². The molecule has 4 nitrogen and oxygen atoms in total. The highest BCUT2D eigenvalue weighted by atomic mass is 16.3. The first kappa shape index (κ1) is 35.9. The van der Waals surface area contributed by atoms with Gasteiger partial charge in [-0.2, -0.15) is 0 Å². The molecule has 0 radical (unpaired) electrons. The second kappa shape index (κ2) is 29.4. The van der Waals surface area contributed by atoms with Gasteiger partial charge in [0.05, 0.1) is 18.8 Å². The van der Waals surface area contributed by atoms with Gasteiger partial charge in [-0.1, -0.05) is 147 Å². The zero-order valence-corrected chi connectivity index (χ0v) is 24.7. The zero-order valence-electron chi connectivity index (χ0n) is 24.7. The summed E-state index contributed by atoms with van der Waals surface area (Å²) in [4.78, 5) is 12.0. The number of aliphatic hydroxyl groups is 2. The standard InChI is InChI=1S/C33H63NO3/c1-3-5-7-9-10-11-12-13-14-15-16-17-18-19-20-21-22-23-24-25-26-28-32(36)31(30-35)34-33(37)29-27-8-6-4-2/h22-23,26,28,31-32,35-36H,3-21,24-25,27,29-30H2,1-2H3,(H,34,37)/b23-22+,28-26+. The molecule has 0 aromatic heterocycles. The largest absolute Gasteiger partial charge is 0.394 e. The molecule has 0 rings (SSSR count). The Morgan fingerprint density at radius 2 is 1.05 bits per heavy atom. The van der Waals surface area contributed by atoms with E-state index in [-0.39, 0.29) is 12.5 Å². The molecule has 0 saturated heterocycles. The highest BCUT2D eigenvalue weighted by molar-refractivity contribution is 5.76. The summed E-state index contributed by atoms with van der Waals surface area (Å²) < 4.78 is 0. The first-order valence-corrected chi connectivity index (χ1v) is 16.1. The number of carbonyl (C=O) groups excluding carboxylic acids is 1. The van der Waals surface area contributed by atoms with Crippen molar-refractivity contribution in [1.29, 1.82) is 0 Å². The van der Waals surface area contributed by atoms with Gasteiger partial charge in [-0.3, -0.25) is 4.79 Å². The number of allylic oxidation sites excluding steroid dienone is 3. The van der Waals surface area contributed by atoms with Crippen LogP contribution in [0.15, 0.2) is 24.3 Å². The molecule has 218 valence electrons. The van der Waals surface area contributed by atoms with Crippen LogP contribution in [0.2, 0.25) is 0 Å². The monoisotopic (exact) mass is 521 g/mol. The van der Waals surface area contributed by atoms with Crippen LogP contribution in [0.5, 0.6) is 0 Å². The lowest BCUT2D eigenvalue weighted by Gasteiger charge is -2.19. The van der Waals surface area contributed by atoms with Crippen LogP contribution in [0.1, 0.15) is 162 Å². The van der Waals surface area contributed by atoms with E-state index in [1.807, 2.05) is 6.08 Å². The Labute approximate surface area is 230 Å². The van der Waals surface area contributed by atoms with Crippen molar-refractivity contribution in [3.63, 3.8) is 0 Å². The number of unbranched alkanes of at least 4 members (excludes halogenated alkanes) is 19. The number of hydrogen-bond donors (Lipinski definition) is 3. The first-order chi connectivity index (χ1) is 18.2. The highest BCUT2D eigenvalue weighted by Crippen LogP contribution is 2.14. The van der Waals surface area contributed by atoms with Gasteiger partial charge in [-0.25, -0.2) is 0 Å². The van der Waals surface area contributed by atoms with E-state index in [0.29, 0.717) is 6.42 Å². The lowest BCUT2D eigenvalue weighted by atomic mass is 10.0. The summed E-state index contributed by atoms with van der Waals surface area (Å²) in [5.74, 6) is -0.0932. The van der Waals surface area contributed by atoms with Crippen LogP contribution in [0.4, 0.5) is 0 Å². The molecule has 0 bridgehead atoms. The van der Waals surface area contributed by atoms with Crippen molar-refractivity contribution >= 4 is 5.91 Å². The van der Waals surface area contributed by atoms with Gasteiger partial charge in [-0.05, 0) is 32.1 Å². The summed E-state index contributed by atoms with van der Waals surface area (Å²) >= 11 is 0. The summed E-state index contributed by atoms with van der Waals surface area (Å²) in [6.45, 7) is 4.17. The molecule has 0 aliphatic heterocycles. The fourth-order valence-electron chi connectivity index (χ4n) is 4.66. The maximum atomic E-state index is 12.0. The average molecular weight is 522 g/mol. The summed E-state index contributed by atoms with van der Waals surface area (Å²) in [7, 11) is 0. The lowest BCUT2D eigenvalue weighted by molar-refractivity contribution is -0.123. The Balaban J connectivity index is 3.55. The van der Waals surface area contributed by atoms with Crippen molar-refractivity contribution in [3.8, 4) is 0 Å². The summed E-state index contributed by atoms with van der Waals surface area (Å²) in [5.41, 5.74) is 0. The Kier molecular flexibility index (Phi) is 28.5. The summed E-state index contributed by atoms with van der Waals surface area (Å²) in [6.07, 6.45) is 35.9. The SMILES string of the molecule is CCCCCCCCCCCCCCCCC/C=C/CC/C=C/C(O)C(CO)NC(=O)CCCCCC. The third-order valence-electron chi connectivity index (χ3n) is 7.19. The van der Waals surface area contributed by atoms with Gasteiger partial charge in [0.15, 0.2) is 0 Å². The van der Waals surface area contributed by atoms with Crippen molar-refractivity contribution in [2.45, 2.75) is 174 Å². The van der Waals surface area contributed by atoms with E-state index in [4.69, 9.17) is 0 Å². The van der Waals surface area contributed by atoms with Crippen LogP contribution < -0.4 is 5.32 Å². The third kappa shape index (κ3) is 26.3. The van der Waals surface area contributed by atoms with E-state index < -0.39 is 12.1 Å². The fourth-order valence-corrected chi connectivity index (χ4v) is 4.66. The molecule has 0 aliphatic carbocycles. The van der Waals surface area contributed by atoms with E-state index in [1.165, 1.54) is 96.3 Å². The number of rotatable bonds is 28. The molecule has 0 aromatic rings. The number of aliphatic hydroxyl groups excluding tert-OH is 2. The normalized spacial score (nSPS) is 13.5. The molecule has 37 heavy (non-hydrogen) atoms. The van der Waals surface area contributed by atoms with E-state index in [1.54, 1.807) is 6.08 Å². The minimum Gasteiger partial charge on any atom is -0.394 e. The average Bonchev–Trinajstić information content (AvgIpc) is 2.90. The van der Waals surface area contributed by atoms with Gasteiger partial charge in [0.25, 0.3) is 0 Å². The van der Waals surface area contributed by atoms with E-state index in [9.17, 15) is 15.0 Å². The molecular formula is C33H63NO3. The first-order valence-electron chi connectivity index (χ1n) is 16.1. The van der Waals surface area contributed by atoms with Gasteiger partial charge >= 0.3 is 0 Å². The summed E-state index contributed by atoms with van der Waals surface area (Å²) in [5, 5.41) is 22.5. The smallest absolute Gasteiger partial charge is 0.220 e. The third-order valence-corrected chi connectivity index (χ3v) is 7.19. The Morgan fingerprint density at radius 3 is 1.57 bits per heavy atom. The van der Waals surface area contributed by atoms with Gasteiger partial charge in [0.1, 0.15) is 0 Å². The van der Waals surface area contributed by atoms with Crippen LogP contribution >= 0.6 is 0 Å². The van der Waals surface area contributed by atoms with Crippen LogP contribution in [0.25, 0.3) is 0 Å². The zero-order chi connectivity index (χ0) is 27.2. The predicted octanol–water partition coefficient (Wildman–Crippen LogP) is 8.95. The molecule has 0 aliphatic rings. The maximum Gasteiger partial charge on any atom is 0.220 e. The van der Waals surface area contributed by atoms with E-state index >= 15 is 0 Å². The lowest BCUT2D eigenvalue weighted by Crippen LogP contribution is -2.45. The Morgan fingerprint density at radius 1 is 0.622 bits per heavy atom. The predicted molar refractivity (Wildman–Crippen MR) is 161 cm³/mol. The number of nitrogens with one attached hydrogen (secondary N) is 1. The fraction of sp³-hybridized carbons (Fsp3) is 0.848. The Hall–Kier alpha value is -1.13. The highest BCUT2D eigenvalue weighted by Gasteiger charge is 2.17. The second-order valence-electron chi connectivity index (χ2n) is 10.9. The molecular weight excluding hydrogens is 458 g/mol. The van der Waals surface area contributed by atoms with Crippen molar-refractivity contribution < 1.29 is 15.0 Å². The summed E-state index contributed by atoms with van der Waals surface area (Å²) in [6, 6.07) is -0.629. The minimum atomic E-state index is -0.853. The van der Waals surface area contributed by atoms with Gasteiger partial charge in [0.2, 0.25) is 5.91 Å². The molecule has 1 amide bonds. The molecule has 0 spiro atoms.